The smallest absolute Gasteiger partial charge is 0.158 e. The second-order valence-electron chi connectivity index (χ2n) is 5.29. The Kier molecular flexibility index (Phi) is 4.66. The molecule has 2 N–H and O–H groups in total. The Bertz CT molecular complexity index is 704. The Morgan fingerprint density at radius 2 is 1.64 bits per heavy atom. The van der Waals surface area contributed by atoms with Crippen molar-refractivity contribution >= 4 is 0 Å². The normalized spacial score (nSPS) is 10.8. The Balaban J connectivity index is 1.50. The predicted molar refractivity (Wildman–Crippen MR) is 84.7 cm³/mol. The maximum absolute atomic E-state index is 12.9. The summed E-state index contributed by atoms with van der Waals surface area (Å²) in [5.41, 5.74) is 2.25. The second kappa shape index (κ2) is 7.05. The van der Waals surface area contributed by atoms with Crippen LogP contribution in [-0.2, 0) is 13.0 Å². The lowest BCUT2D eigenvalue weighted by molar-refractivity contribution is -0.671. The van der Waals surface area contributed by atoms with Crippen molar-refractivity contribution in [2.75, 3.05) is 6.54 Å². The zero-order valence-electron chi connectivity index (χ0n) is 12.3. The Hall–Kier alpha value is -2.39. The van der Waals surface area contributed by atoms with E-state index in [-0.39, 0.29) is 5.82 Å². The fourth-order valence-electron chi connectivity index (χ4n) is 2.41. The fourth-order valence-corrected chi connectivity index (χ4v) is 2.41. The highest BCUT2D eigenvalue weighted by Gasteiger charge is 2.06. The first-order valence-electron chi connectivity index (χ1n) is 7.51. The van der Waals surface area contributed by atoms with Gasteiger partial charge in [-0.25, -0.2) is 4.39 Å². The van der Waals surface area contributed by atoms with E-state index in [1.54, 1.807) is 12.1 Å². The van der Waals surface area contributed by atoms with Gasteiger partial charge < -0.3 is 9.73 Å². The van der Waals surface area contributed by atoms with E-state index < -0.39 is 0 Å². The van der Waals surface area contributed by atoms with Gasteiger partial charge in [0.1, 0.15) is 18.1 Å². The Morgan fingerprint density at radius 3 is 2.41 bits per heavy atom. The molecule has 3 heteroatoms. The third kappa shape index (κ3) is 3.83. The van der Waals surface area contributed by atoms with Gasteiger partial charge in [-0.05, 0) is 42.0 Å². The van der Waals surface area contributed by atoms with Crippen LogP contribution in [0, 0.1) is 5.82 Å². The molecule has 0 saturated carbocycles. The molecule has 2 aromatic carbocycles. The third-order valence-corrected chi connectivity index (χ3v) is 3.62. The lowest BCUT2D eigenvalue weighted by Crippen LogP contribution is -2.83. The molecular formula is C19H19FNO+. The molecule has 3 aromatic rings. The maximum atomic E-state index is 12.9. The van der Waals surface area contributed by atoms with Gasteiger partial charge >= 0.3 is 0 Å². The van der Waals surface area contributed by atoms with Crippen LogP contribution in [0.2, 0.25) is 0 Å². The number of quaternary nitrogens is 1. The van der Waals surface area contributed by atoms with Crippen LogP contribution in [0.1, 0.15) is 11.3 Å². The van der Waals surface area contributed by atoms with E-state index >= 15 is 0 Å². The van der Waals surface area contributed by atoms with E-state index in [1.807, 2.05) is 18.2 Å². The van der Waals surface area contributed by atoms with Crippen LogP contribution in [0.5, 0.6) is 0 Å². The van der Waals surface area contributed by atoms with Crippen molar-refractivity contribution < 1.29 is 14.1 Å². The van der Waals surface area contributed by atoms with Crippen molar-refractivity contribution in [2.45, 2.75) is 13.0 Å². The standard InChI is InChI=1S/C19H18FNO/c20-17-8-6-16(7-9-17)19-11-10-18(22-19)14-21-13-12-15-4-2-1-3-5-15/h1-11,21H,12-14H2/p+1. The summed E-state index contributed by atoms with van der Waals surface area (Å²) in [6, 6.07) is 20.7. The van der Waals surface area contributed by atoms with Gasteiger partial charge in [0, 0.05) is 12.0 Å². The molecule has 0 amide bonds. The summed E-state index contributed by atoms with van der Waals surface area (Å²) in [7, 11) is 0. The van der Waals surface area contributed by atoms with Crippen molar-refractivity contribution in [1.82, 2.24) is 0 Å². The predicted octanol–water partition coefficient (Wildman–Crippen LogP) is 3.39. The van der Waals surface area contributed by atoms with E-state index in [4.69, 9.17) is 4.42 Å². The van der Waals surface area contributed by atoms with Gasteiger partial charge in [0.05, 0.1) is 6.54 Å². The molecule has 22 heavy (non-hydrogen) atoms. The summed E-state index contributed by atoms with van der Waals surface area (Å²) in [6.07, 6.45) is 1.05. The van der Waals surface area contributed by atoms with Gasteiger partial charge in [-0.3, -0.25) is 0 Å². The first-order valence-corrected chi connectivity index (χ1v) is 7.51. The summed E-state index contributed by atoms with van der Waals surface area (Å²) in [5.74, 6) is 1.49. The fraction of sp³-hybridized carbons (Fsp3) is 0.158. The van der Waals surface area contributed by atoms with Gasteiger partial charge in [-0.2, -0.15) is 0 Å². The van der Waals surface area contributed by atoms with E-state index in [9.17, 15) is 4.39 Å². The molecule has 0 fully saturated rings. The summed E-state index contributed by atoms with van der Waals surface area (Å²) in [6.45, 7) is 1.84. The molecular weight excluding hydrogens is 277 g/mol. The number of hydrogen-bond donors (Lipinski definition) is 1. The third-order valence-electron chi connectivity index (χ3n) is 3.62. The van der Waals surface area contributed by atoms with Crippen molar-refractivity contribution in [3.05, 3.63) is 83.9 Å². The van der Waals surface area contributed by atoms with Gasteiger partial charge in [0.15, 0.2) is 5.76 Å². The maximum Gasteiger partial charge on any atom is 0.158 e. The first-order chi connectivity index (χ1) is 10.8. The summed E-state index contributed by atoms with van der Waals surface area (Å²) in [4.78, 5) is 0. The molecule has 2 nitrogen and oxygen atoms in total. The number of furan rings is 1. The van der Waals surface area contributed by atoms with E-state index in [1.165, 1.54) is 17.7 Å². The number of hydrogen-bond acceptors (Lipinski definition) is 1. The number of rotatable bonds is 6. The van der Waals surface area contributed by atoms with E-state index in [0.717, 1.165) is 36.6 Å². The molecule has 0 saturated heterocycles. The van der Waals surface area contributed by atoms with Crippen molar-refractivity contribution in [3.63, 3.8) is 0 Å². The molecule has 0 spiro atoms. The zero-order valence-corrected chi connectivity index (χ0v) is 12.3. The van der Waals surface area contributed by atoms with Crippen LogP contribution in [0.3, 0.4) is 0 Å². The highest BCUT2D eigenvalue weighted by Crippen LogP contribution is 2.21. The van der Waals surface area contributed by atoms with Crippen LogP contribution >= 0.6 is 0 Å². The molecule has 112 valence electrons. The van der Waals surface area contributed by atoms with Crippen molar-refractivity contribution in [1.29, 1.82) is 0 Å². The molecule has 1 aromatic heterocycles. The zero-order chi connectivity index (χ0) is 15.2. The topological polar surface area (TPSA) is 29.8 Å². The molecule has 0 unspecified atom stereocenters. The quantitative estimate of drug-likeness (QED) is 0.694. The van der Waals surface area contributed by atoms with E-state index in [0.29, 0.717) is 0 Å². The van der Waals surface area contributed by atoms with Gasteiger partial charge in [0.2, 0.25) is 0 Å². The highest BCUT2D eigenvalue weighted by atomic mass is 19.1. The molecule has 0 bridgehead atoms. The molecule has 3 rings (SSSR count). The van der Waals surface area contributed by atoms with Gasteiger partial charge in [0.25, 0.3) is 0 Å². The van der Waals surface area contributed by atoms with Gasteiger partial charge in [-0.1, -0.05) is 30.3 Å². The molecule has 0 atom stereocenters. The average molecular weight is 296 g/mol. The molecule has 0 aliphatic rings. The summed E-state index contributed by atoms with van der Waals surface area (Å²) in [5, 5.41) is 2.24. The molecule has 1 heterocycles. The minimum atomic E-state index is -0.232. The number of nitrogens with two attached hydrogens (primary N) is 1. The average Bonchev–Trinajstić information content (AvgIpc) is 3.02. The number of halogens is 1. The Labute approximate surface area is 129 Å². The first kappa shape index (κ1) is 14.5. The highest BCUT2D eigenvalue weighted by molar-refractivity contribution is 5.57. The molecule has 0 aliphatic heterocycles. The molecule has 0 aliphatic carbocycles. The summed E-state index contributed by atoms with van der Waals surface area (Å²) >= 11 is 0. The Morgan fingerprint density at radius 1 is 0.864 bits per heavy atom. The van der Waals surface area contributed by atoms with Crippen molar-refractivity contribution in [3.8, 4) is 11.3 Å². The lowest BCUT2D eigenvalue weighted by atomic mass is 10.1. The van der Waals surface area contributed by atoms with Crippen LogP contribution < -0.4 is 5.32 Å². The summed E-state index contributed by atoms with van der Waals surface area (Å²) < 4.78 is 18.7. The van der Waals surface area contributed by atoms with Crippen LogP contribution in [0.15, 0.2) is 71.1 Å². The van der Waals surface area contributed by atoms with Crippen LogP contribution in [0.4, 0.5) is 4.39 Å². The SMILES string of the molecule is Fc1ccc(-c2ccc(C[NH2+]CCc3ccccc3)o2)cc1. The lowest BCUT2D eigenvalue weighted by Gasteiger charge is -2.01. The van der Waals surface area contributed by atoms with Crippen LogP contribution in [-0.4, -0.2) is 6.54 Å². The van der Waals surface area contributed by atoms with Crippen molar-refractivity contribution in [2.24, 2.45) is 0 Å². The second-order valence-corrected chi connectivity index (χ2v) is 5.29. The van der Waals surface area contributed by atoms with Crippen LogP contribution in [0.25, 0.3) is 11.3 Å². The monoisotopic (exact) mass is 296 g/mol. The van der Waals surface area contributed by atoms with Gasteiger partial charge in [-0.15, -0.1) is 0 Å². The van der Waals surface area contributed by atoms with E-state index in [2.05, 4.69) is 29.6 Å². The largest absolute Gasteiger partial charge is 0.455 e. The minimum Gasteiger partial charge on any atom is -0.455 e. The molecule has 0 radical (unpaired) electrons. The minimum absolute atomic E-state index is 0.232. The number of benzene rings is 2.